The molecule has 0 aliphatic carbocycles. The van der Waals surface area contributed by atoms with E-state index in [2.05, 4.69) is 18.4 Å². The summed E-state index contributed by atoms with van der Waals surface area (Å²) < 4.78 is 7.67. The summed E-state index contributed by atoms with van der Waals surface area (Å²) in [6.45, 7) is 10.3. The molecule has 1 amide bonds. The van der Waals surface area contributed by atoms with Crippen LogP contribution >= 0.6 is 0 Å². The minimum Gasteiger partial charge on any atom is -0.443 e. The van der Waals surface area contributed by atoms with Gasteiger partial charge in [-0.3, -0.25) is 9.69 Å². The molecule has 1 aromatic heterocycles. The summed E-state index contributed by atoms with van der Waals surface area (Å²) in [6, 6.07) is 7.71. The van der Waals surface area contributed by atoms with Crippen molar-refractivity contribution in [3.05, 3.63) is 30.0 Å². The lowest BCUT2D eigenvalue weighted by Gasteiger charge is -2.37. The Kier molecular flexibility index (Phi) is 3.90. The van der Waals surface area contributed by atoms with Crippen molar-refractivity contribution in [3.8, 4) is 0 Å². The molecule has 128 valence electrons. The highest BCUT2D eigenvalue weighted by Gasteiger charge is 2.35. The Morgan fingerprint density at radius 1 is 1.33 bits per heavy atom. The Morgan fingerprint density at radius 2 is 2.04 bits per heavy atom. The van der Waals surface area contributed by atoms with Crippen LogP contribution in [0.15, 0.2) is 24.3 Å². The number of carbonyl (C=O) groups is 2. The highest BCUT2D eigenvalue weighted by Crippen LogP contribution is 2.39. The van der Waals surface area contributed by atoms with E-state index < -0.39 is 5.60 Å². The van der Waals surface area contributed by atoms with Gasteiger partial charge in [0.1, 0.15) is 5.60 Å². The SMILES string of the molecule is CC(C)C1CN(C(=O)OC(C)(C)C)c2cccc3cc(C=O)n1c23. The number of aromatic nitrogens is 1. The Bertz CT molecular complexity index is 799. The zero-order valence-corrected chi connectivity index (χ0v) is 14.9. The van der Waals surface area contributed by atoms with Crippen LogP contribution < -0.4 is 4.90 Å². The number of anilines is 1. The molecule has 0 saturated heterocycles. The fourth-order valence-electron chi connectivity index (χ4n) is 3.32. The number of para-hydroxylation sites is 1. The maximum atomic E-state index is 12.7. The van der Waals surface area contributed by atoms with Gasteiger partial charge in [0.15, 0.2) is 6.29 Å². The Hall–Kier alpha value is -2.30. The predicted octanol–water partition coefficient (Wildman–Crippen LogP) is 4.41. The summed E-state index contributed by atoms with van der Waals surface area (Å²) in [5.41, 5.74) is 1.83. The second-order valence-corrected chi connectivity index (χ2v) is 7.67. The highest BCUT2D eigenvalue weighted by atomic mass is 16.6. The van der Waals surface area contributed by atoms with Crippen molar-refractivity contribution in [2.24, 2.45) is 5.92 Å². The van der Waals surface area contributed by atoms with Gasteiger partial charge < -0.3 is 9.30 Å². The van der Waals surface area contributed by atoms with Gasteiger partial charge in [0.25, 0.3) is 0 Å². The van der Waals surface area contributed by atoms with Crippen LogP contribution in [0.4, 0.5) is 10.5 Å². The Balaban J connectivity index is 2.18. The number of amides is 1. The summed E-state index contributed by atoms with van der Waals surface area (Å²) >= 11 is 0. The van der Waals surface area contributed by atoms with E-state index in [9.17, 15) is 9.59 Å². The van der Waals surface area contributed by atoms with E-state index in [4.69, 9.17) is 4.74 Å². The van der Waals surface area contributed by atoms with Crippen LogP contribution in [0.2, 0.25) is 0 Å². The fraction of sp³-hybridized carbons (Fsp3) is 0.474. The number of hydrogen-bond acceptors (Lipinski definition) is 3. The third-order valence-corrected chi connectivity index (χ3v) is 4.36. The number of benzene rings is 1. The molecular formula is C19H24N2O3. The van der Waals surface area contributed by atoms with E-state index in [1.54, 1.807) is 4.90 Å². The van der Waals surface area contributed by atoms with Crippen LogP contribution in [-0.4, -0.2) is 29.1 Å². The van der Waals surface area contributed by atoms with Crippen LogP contribution in [0, 0.1) is 5.92 Å². The number of aldehydes is 1. The molecule has 2 heterocycles. The van der Waals surface area contributed by atoms with Gasteiger partial charge in [0.2, 0.25) is 0 Å². The number of nitrogens with zero attached hydrogens (tertiary/aromatic N) is 2. The number of ether oxygens (including phenoxy) is 1. The number of rotatable bonds is 2. The molecule has 1 aliphatic rings. The number of hydrogen-bond donors (Lipinski definition) is 0. The Morgan fingerprint density at radius 3 is 2.62 bits per heavy atom. The maximum absolute atomic E-state index is 12.7. The van der Waals surface area contributed by atoms with E-state index in [1.807, 2.05) is 45.0 Å². The second-order valence-electron chi connectivity index (χ2n) is 7.67. The monoisotopic (exact) mass is 328 g/mol. The Labute approximate surface area is 142 Å². The largest absolute Gasteiger partial charge is 0.443 e. The van der Waals surface area contributed by atoms with Crippen molar-refractivity contribution in [1.82, 2.24) is 4.57 Å². The molecule has 1 unspecified atom stereocenters. The maximum Gasteiger partial charge on any atom is 0.414 e. The van der Waals surface area contributed by atoms with Gasteiger partial charge in [0, 0.05) is 5.39 Å². The van der Waals surface area contributed by atoms with E-state index in [-0.39, 0.29) is 18.1 Å². The second kappa shape index (κ2) is 5.65. The van der Waals surface area contributed by atoms with Gasteiger partial charge in [-0.15, -0.1) is 0 Å². The van der Waals surface area contributed by atoms with E-state index >= 15 is 0 Å². The van der Waals surface area contributed by atoms with Crippen molar-refractivity contribution in [3.63, 3.8) is 0 Å². The van der Waals surface area contributed by atoms with Crippen LogP contribution in [-0.2, 0) is 4.74 Å². The molecule has 0 spiro atoms. The van der Waals surface area contributed by atoms with E-state index in [1.165, 1.54) is 0 Å². The lowest BCUT2D eigenvalue weighted by atomic mass is 10.00. The highest BCUT2D eigenvalue weighted by molar-refractivity contribution is 6.03. The minimum atomic E-state index is -0.550. The first kappa shape index (κ1) is 16.6. The number of carbonyl (C=O) groups excluding carboxylic acids is 2. The third kappa shape index (κ3) is 2.68. The van der Waals surface area contributed by atoms with Crippen molar-refractivity contribution in [1.29, 1.82) is 0 Å². The third-order valence-electron chi connectivity index (χ3n) is 4.36. The molecule has 1 atom stereocenters. The first-order valence-corrected chi connectivity index (χ1v) is 8.32. The molecule has 0 saturated carbocycles. The summed E-state index contributed by atoms with van der Waals surface area (Å²) in [5.74, 6) is 0.276. The smallest absolute Gasteiger partial charge is 0.414 e. The van der Waals surface area contributed by atoms with Gasteiger partial charge in [-0.05, 0) is 38.8 Å². The average molecular weight is 328 g/mol. The molecule has 0 fully saturated rings. The molecule has 2 aromatic rings. The molecule has 1 aromatic carbocycles. The molecule has 24 heavy (non-hydrogen) atoms. The van der Waals surface area contributed by atoms with Crippen LogP contribution in [0.1, 0.15) is 51.1 Å². The zero-order valence-electron chi connectivity index (χ0n) is 14.9. The first-order chi connectivity index (χ1) is 11.2. The molecular weight excluding hydrogens is 304 g/mol. The molecule has 0 N–H and O–H groups in total. The van der Waals surface area contributed by atoms with Gasteiger partial charge in [-0.2, -0.15) is 0 Å². The topological polar surface area (TPSA) is 51.5 Å². The van der Waals surface area contributed by atoms with Crippen molar-refractivity contribution < 1.29 is 14.3 Å². The summed E-state index contributed by atoms with van der Waals surface area (Å²) in [7, 11) is 0. The van der Waals surface area contributed by atoms with Crippen LogP contribution in [0.25, 0.3) is 10.9 Å². The normalized spacial score (nSPS) is 17.4. The quantitative estimate of drug-likeness (QED) is 0.768. The average Bonchev–Trinajstić information content (AvgIpc) is 2.86. The summed E-state index contributed by atoms with van der Waals surface area (Å²) in [5, 5.41) is 0.966. The van der Waals surface area contributed by atoms with Crippen LogP contribution in [0.5, 0.6) is 0 Å². The van der Waals surface area contributed by atoms with Crippen molar-refractivity contribution >= 4 is 29.0 Å². The van der Waals surface area contributed by atoms with Crippen molar-refractivity contribution in [2.45, 2.75) is 46.3 Å². The standard InChI is InChI=1S/C19H24N2O3/c1-12(2)16-10-20(18(23)24-19(3,4)5)15-8-6-7-13-9-14(11-22)21(16)17(13)15/h6-9,11-12,16H,10H2,1-5H3. The molecule has 0 bridgehead atoms. The predicted molar refractivity (Wildman–Crippen MR) is 94.8 cm³/mol. The minimum absolute atomic E-state index is 0.0325. The van der Waals surface area contributed by atoms with E-state index in [0.717, 1.165) is 22.9 Å². The molecule has 5 nitrogen and oxygen atoms in total. The lowest BCUT2D eigenvalue weighted by molar-refractivity contribution is 0.0570. The molecule has 5 heteroatoms. The lowest BCUT2D eigenvalue weighted by Crippen LogP contribution is -2.44. The van der Waals surface area contributed by atoms with Gasteiger partial charge in [-0.25, -0.2) is 4.79 Å². The van der Waals surface area contributed by atoms with Gasteiger partial charge in [-0.1, -0.05) is 26.0 Å². The first-order valence-electron chi connectivity index (χ1n) is 8.32. The van der Waals surface area contributed by atoms with Crippen LogP contribution in [0.3, 0.4) is 0 Å². The molecule has 3 rings (SSSR count). The fourth-order valence-corrected chi connectivity index (χ4v) is 3.32. The summed E-state index contributed by atoms with van der Waals surface area (Å²) in [6.07, 6.45) is 0.545. The zero-order chi connectivity index (χ0) is 17.6. The molecule has 0 radical (unpaired) electrons. The van der Waals surface area contributed by atoms with Crippen molar-refractivity contribution in [2.75, 3.05) is 11.4 Å². The van der Waals surface area contributed by atoms with Gasteiger partial charge in [0.05, 0.1) is 29.5 Å². The summed E-state index contributed by atoms with van der Waals surface area (Å²) in [4.78, 5) is 26.0. The van der Waals surface area contributed by atoms with Gasteiger partial charge >= 0.3 is 6.09 Å². The van der Waals surface area contributed by atoms with E-state index in [0.29, 0.717) is 12.2 Å². The molecule has 1 aliphatic heterocycles.